The Morgan fingerprint density at radius 2 is 1.71 bits per heavy atom. The predicted octanol–water partition coefficient (Wildman–Crippen LogP) is 2.73. The van der Waals surface area contributed by atoms with Gasteiger partial charge in [-0.25, -0.2) is 18.4 Å². The van der Waals surface area contributed by atoms with E-state index in [1.807, 2.05) is 30.3 Å². The summed E-state index contributed by atoms with van der Waals surface area (Å²) in [5.74, 6) is 0.101. The zero-order valence-electron chi connectivity index (χ0n) is 17.0. The van der Waals surface area contributed by atoms with Gasteiger partial charge in [0.1, 0.15) is 0 Å². The van der Waals surface area contributed by atoms with E-state index < -0.39 is 15.9 Å². The van der Waals surface area contributed by atoms with Crippen LogP contribution in [0.25, 0.3) is 11.4 Å². The second-order valence-corrected chi connectivity index (χ2v) is 9.02. The van der Waals surface area contributed by atoms with Crippen LogP contribution in [0.4, 0.5) is 5.69 Å². The minimum absolute atomic E-state index is 0.169. The lowest BCUT2D eigenvalue weighted by atomic mass is 10.2. The molecule has 2 heterocycles. The molecule has 31 heavy (non-hydrogen) atoms. The molecule has 1 aliphatic heterocycles. The molecule has 0 saturated carbocycles. The highest BCUT2D eigenvalue weighted by Gasteiger charge is 2.28. The van der Waals surface area contributed by atoms with E-state index >= 15 is 0 Å². The maximum Gasteiger partial charge on any atom is 0.258 e. The van der Waals surface area contributed by atoms with Crippen molar-refractivity contribution in [1.29, 1.82) is 0 Å². The summed E-state index contributed by atoms with van der Waals surface area (Å²) in [6.45, 7) is 3.09. The number of hydrogen-bond acceptors (Lipinski definition) is 6. The highest BCUT2D eigenvalue weighted by molar-refractivity contribution is 7.89. The van der Waals surface area contributed by atoms with Crippen molar-refractivity contribution < 1.29 is 17.9 Å². The lowest BCUT2D eigenvalue weighted by Crippen LogP contribution is -2.40. The first kappa shape index (κ1) is 21.1. The van der Waals surface area contributed by atoms with Crippen LogP contribution in [0.1, 0.15) is 15.9 Å². The topological polar surface area (TPSA) is 101 Å². The molecule has 0 unspecified atom stereocenters. The summed E-state index contributed by atoms with van der Waals surface area (Å²) in [7, 11) is -3.67. The third-order valence-electron chi connectivity index (χ3n) is 4.98. The van der Waals surface area contributed by atoms with Crippen molar-refractivity contribution in [2.45, 2.75) is 11.8 Å². The Labute approximate surface area is 181 Å². The first-order valence-corrected chi connectivity index (χ1v) is 11.3. The van der Waals surface area contributed by atoms with E-state index in [1.54, 1.807) is 19.1 Å². The van der Waals surface area contributed by atoms with Crippen molar-refractivity contribution in [3.8, 4) is 11.4 Å². The first-order chi connectivity index (χ1) is 14.9. The summed E-state index contributed by atoms with van der Waals surface area (Å²) in [6, 6.07) is 14.3. The fourth-order valence-electron chi connectivity index (χ4n) is 3.27. The Morgan fingerprint density at radius 1 is 1.03 bits per heavy atom. The molecule has 0 bridgehead atoms. The van der Waals surface area contributed by atoms with E-state index in [-0.39, 0.29) is 10.5 Å². The van der Waals surface area contributed by atoms with Crippen LogP contribution in [0.15, 0.2) is 65.8 Å². The van der Waals surface area contributed by atoms with Gasteiger partial charge >= 0.3 is 0 Å². The quantitative estimate of drug-likeness (QED) is 0.657. The third-order valence-corrected chi connectivity index (χ3v) is 7.02. The molecule has 0 spiro atoms. The molecule has 1 saturated heterocycles. The Hall–Kier alpha value is -3.14. The number of nitrogens with one attached hydrogen (secondary N) is 1. The van der Waals surface area contributed by atoms with Gasteiger partial charge in [0.2, 0.25) is 10.0 Å². The molecule has 160 valence electrons. The summed E-state index contributed by atoms with van der Waals surface area (Å²) in [4.78, 5) is 21.3. The van der Waals surface area contributed by atoms with Gasteiger partial charge in [-0.05, 0) is 24.6 Å². The van der Waals surface area contributed by atoms with Crippen LogP contribution < -0.4 is 5.32 Å². The van der Waals surface area contributed by atoms with Crippen LogP contribution in [0, 0.1) is 6.92 Å². The second kappa shape index (κ2) is 8.93. The van der Waals surface area contributed by atoms with Crippen LogP contribution in [0.2, 0.25) is 0 Å². The van der Waals surface area contributed by atoms with Crippen molar-refractivity contribution in [3.05, 3.63) is 72.1 Å². The van der Waals surface area contributed by atoms with Gasteiger partial charge in [-0.2, -0.15) is 4.31 Å². The third kappa shape index (κ3) is 4.63. The molecule has 1 amide bonds. The number of nitrogens with zero attached hydrogens (tertiary/aromatic N) is 3. The number of amides is 1. The minimum atomic E-state index is -3.67. The van der Waals surface area contributed by atoms with Crippen molar-refractivity contribution in [2.24, 2.45) is 0 Å². The SMILES string of the molecule is Cc1ccc(NC(=O)c2cnc(-c3ccccc3)nc2)cc1S(=O)(=O)N1CCOCC1. The molecule has 1 aliphatic rings. The molecular formula is C22H22N4O4S. The smallest absolute Gasteiger partial charge is 0.258 e. The van der Waals surface area contributed by atoms with Gasteiger partial charge in [0.25, 0.3) is 5.91 Å². The standard InChI is InChI=1S/C22H22N4O4S/c1-16-7-8-19(13-20(16)31(28,29)26-9-11-30-12-10-26)25-22(27)18-14-23-21(24-15-18)17-5-3-2-4-6-17/h2-8,13-15H,9-12H2,1H3,(H,25,27). The zero-order valence-corrected chi connectivity index (χ0v) is 17.8. The Kier molecular flexibility index (Phi) is 6.08. The molecule has 3 aromatic rings. The van der Waals surface area contributed by atoms with Crippen molar-refractivity contribution in [2.75, 3.05) is 31.6 Å². The molecule has 9 heteroatoms. The van der Waals surface area contributed by atoms with E-state index in [2.05, 4.69) is 15.3 Å². The number of aromatic nitrogens is 2. The predicted molar refractivity (Wildman–Crippen MR) is 116 cm³/mol. The van der Waals surface area contributed by atoms with Crippen LogP contribution in [-0.4, -0.2) is 54.9 Å². The van der Waals surface area contributed by atoms with E-state index in [9.17, 15) is 13.2 Å². The number of aryl methyl sites for hydroxylation is 1. The number of hydrogen-bond donors (Lipinski definition) is 1. The first-order valence-electron chi connectivity index (χ1n) is 9.82. The molecule has 0 atom stereocenters. The van der Waals surface area contributed by atoms with E-state index in [0.717, 1.165) is 5.56 Å². The van der Waals surface area contributed by atoms with Gasteiger partial charge in [-0.3, -0.25) is 4.79 Å². The van der Waals surface area contributed by atoms with Crippen molar-refractivity contribution in [3.63, 3.8) is 0 Å². The summed E-state index contributed by atoms with van der Waals surface area (Å²) in [5.41, 5.74) is 2.12. The minimum Gasteiger partial charge on any atom is -0.379 e. The van der Waals surface area contributed by atoms with Crippen LogP contribution >= 0.6 is 0 Å². The summed E-state index contributed by atoms with van der Waals surface area (Å²) >= 11 is 0. The number of ether oxygens (including phenoxy) is 1. The Bertz CT molecular complexity index is 1180. The van der Waals surface area contributed by atoms with E-state index in [1.165, 1.54) is 22.8 Å². The van der Waals surface area contributed by atoms with Crippen LogP contribution in [-0.2, 0) is 14.8 Å². The molecule has 0 aliphatic carbocycles. The average Bonchev–Trinajstić information content (AvgIpc) is 2.81. The largest absolute Gasteiger partial charge is 0.379 e. The van der Waals surface area contributed by atoms with Crippen LogP contribution in [0.3, 0.4) is 0 Å². The summed E-state index contributed by atoms with van der Waals surface area (Å²) in [5, 5.41) is 2.73. The van der Waals surface area contributed by atoms with Gasteiger partial charge in [0.15, 0.2) is 5.82 Å². The number of benzene rings is 2. The van der Waals surface area contributed by atoms with Gasteiger partial charge in [-0.1, -0.05) is 36.4 Å². The highest BCUT2D eigenvalue weighted by Crippen LogP contribution is 2.25. The molecule has 0 radical (unpaired) electrons. The van der Waals surface area contributed by atoms with Gasteiger partial charge < -0.3 is 10.1 Å². The molecule has 8 nitrogen and oxygen atoms in total. The number of carbonyl (C=O) groups is 1. The van der Waals surface area contributed by atoms with Gasteiger partial charge in [0.05, 0.1) is 23.7 Å². The van der Waals surface area contributed by atoms with Crippen molar-refractivity contribution in [1.82, 2.24) is 14.3 Å². The number of sulfonamides is 1. The lowest BCUT2D eigenvalue weighted by Gasteiger charge is -2.26. The molecule has 1 fully saturated rings. The molecule has 2 aromatic carbocycles. The Balaban J connectivity index is 1.53. The van der Waals surface area contributed by atoms with E-state index in [0.29, 0.717) is 43.4 Å². The highest BCUT2D eigenvalue weighted by atomic mass is 32.2. The summed E-state index contributed by atoms with van der Waals surface area (Å²) < 4.78 is 32.7. The molecule has 1 N–H and O–H groups in total. The maximum absolute atomic E-state index is 13.0. The maximum atomic E-state index is 13.0. The van der Waals surface area contributed by atoms with E-state index in [4.69, 9.17) is 4.74 Å². The number of morpholine rings is 1. The number of carbonyl (C=O) groups excluding carboxylic acids is 1. The van der Waals surface area contributed by atoms with Gasteiger partial charge in [0, 0.05) is 36.7 Å². The van der Waals surface area contributed by atoms with Crippen LogP contribution in [0.5, 0.6) is 0 Å². The molecular weight excluding hydrogens is 416 g/mol. The fraction of sp³-hybridized carbons (Fsp3) is 0.227. The zero-order chi connectivity index (χ0) is 21.8. The second-order valence-electron chi connectivity index (χ2n) is 7.11. The summed E-state index contributed by atoms with van der Waals surface area (Å²) in [6.07, 6.45) is 2.90. The Morgan fingerprint density at radius 3 is 2.39 bits per heavy atom. The average molecular weight is 439 g/mol. The fourth-order valence-corrected chi connectivity index (χ4v) is 4.93. The number of anilines is 1. The molecule has 4 rings (SSSR count). The molecule has 1 aromatic heterocycles. The monoisotopic (exact) mass is 438 g/mol. The number of rotatable bonds is 5. The normalized spacial score (nSPS) is 14.9. The lowest BCUT2D eigenvalue weighted by molar-refractivity contribution is 0.0730. The van der Waals surface area contributed by atoms with Crippen molar-refractivity contribution >= 4 is 21.6 Å². The van der Waals surface area contributed by atoms with Gasteiger partial charge in [-0.15, -0.1) is 0 Å².